The van der Waals surface area contributed by atoms with Gasteiger partial charge in [-0.3, -0.25) is 4.79 Å². The Hall–Kier alpha value is -2.33. The summed E-state index contributed by atoms with van der Waals surface area (Å²) in [5.41, 5.74) is 2.61. The predicted octanol–water partition coefficient (Wildman–Crippen LogP) is 4.35. The Bertz CT molecular complexity index is 946. The molecule has 1 amide bonds. The van der Waals surface area contributed by atoms with Crippen molar-refractivity contribution in [3.05, 3.63) is 70.6 Å². The third-order valence-corrected chi connectivity index (χ3v) is 5.24. The van der Waals surface area contributed by atoms with Gasteiger partial charge in [0.05, 0.1) is 6.42 Å². The van der Waals surface area contributed by atoms with Gasteiger partial charge in [0.2, 0.25) is 5.91 Å². The first kappa shape index (κ1) is 16.2. The van der Waals surface area contributed by atoms with Crippen molar-refractivity contribution in [2.24, 2.45) is 0 Å². The molecule has 2 N–H and O–H groups in total. The summed E-state index contributed by atoms with van der Waals surface area (Å²) in [4.78, 5) is 15.5. The Kier molecular flexibility index (Phi) is 4.00. The zero-order valence-electron chi connectivity index (χ0n) is 13.6. The molecule has 128 valence electrons. The minimum absolute atomic E-state index is 0.0478. The number of amides is 1. The first-order chi connectivity index (χ1) is 12.1. The standard InChI is InChI=1S/C20H18ClFN2O/c21-14-5-6-18-15(10-14)16(11-23-18)20(7-8-20)12-24-19(25)9-13-3-1-2-4-17(13)22/h1-6,10-11,23H,7-9,12H2,(H,24,25). The first-order valence-corrected chi connectivity index (χ1v) is 8.72. The van der Waals surface area contributed by atoms with Crippen molar-refractivity contribution in [1.29, 1.82) is 0 Å². The quantitative estimate of drug-likeness (QED) is 0.701. The van der Waals surface area contributed by atoms with Crippen LogP contribution in [0.15, 0.2) is 48.7 Å². The van der Waals surface area contributed by atoms with Crippen molar-refractivity contribution in [2.45, 2.75) is 24.7 Å². The summed E-state index contributed by atoms with van der Waals surface area (Å²) in [5, 5.41) is 4.78. The molecule has 1 saturated carbocycles. The molecule has 1 aliphatic carbocycles. The maximum absolute atomic E-state index is 13.7. The molecule has 1 aromatic heterocycles. The molecule has 4 rings (SSSR count). The van der Waals surface area contributed by atoms with Crippen molar-refractivity contribution < 1.29 is 9.18 Å². The van der Waals surface area contributed by atoms with Gasteiger partial charge in [0.15, 0.2) is 0 Å². The number of fused-ring (bicyclic) bond motifs is 1. The molecule has 0 atom stereocenters. The van der Waals surface area contributed by atoms with Crippen molar-refractivity contribution >= 4 is 28.4 Å². The van der Waals surface area contributed by atoms with E-state index in [9.17, 15) is 9.18 Å². The summed E-state index contributed by atoms with van der Waals surface area (Å²) < 4.78 is 13.7. The third kappa shape index (κ3) is 3.14. The lowest BCUT2D eigenvalue weighted by molar-refractivity contribution is -0.120. The number of aromatic nitrogens is 1. The van der Waals surface area contributed by atoms with Gasteiger partial charge in [-0.25, -0.2) is 4.39 Å². The van der Waals surface area contributed by atoms with E-state index in [1.165, 1.54) is 11.6 Å². The summed E-state index contributed by atoms with van der Waals surface area (Å²) in [6.07, 6.45) is 4.11. The van der Waals surface area contributed by atoms with Crippen LogP contribution in [0.2, 0.25) is 5.02 Å². The van der Waals surface area contributed by atoms with Gasteiger partial charge in [-0.2, -0.15) is 0 Å². The number of aromatic amines is 1. The average Bonchev–Trinajstić information content (AvgIpc) is 3.27. The Morgan fingerprint density at radius 1 is 1.24 bits per heavy atom. The van der Waals surface area contributed by atoms with Crippen molar-refractivity contribution in [3.63, 3.8) is 0 Å². The van der Waals surface area contributed by atoms with E-state index in [1.807, 2.05) is 24.4 Å². The van der Waals surface area contributed by atoms with E-state index >= 15 is 0 Å². The lowest BCUT2D eigenvalue weighted by Gasteiger charge is -2.16. The van der Waals surface area contributed by atoms with Crippen LogP contribution in [0.4, 0.5) is 4.39 Å². The van der Waals surface area contributed by atoms with Gasteiger partial charge < -0.3 is 10.3 Å². The SMILES string of the molecule is O=C(Cc1ccccc1F)NCC1(c2c[nH]c3ccc(Cl)cc23)CC1. The molecule has 0 bridgehead atoms. The van der Waals surface area contributed by atoms with Gasteiger partial charge >= 0.3 is 0 Å². The predicted molar refractivity (Wildman–Crippen MR) is 97.3 cm³/mol. The van der Waals surface area contributed by atoms with E-state index in [1.54, 1.807) is 18.2 Å². The Labute approximate surface area is 150 Å². The minimum atomic E-state index is -0.343. The van der Waals surface area contributed by atoms with Crippen LogP contribution in [0.3, 0.4) is 0 Å². The van der Waals surface area contributed by atoms with Crippen LogP contribution in [0.5, 0.6) is 0 Å². The number of H-pyrrole nitrogens is 1. The lowest BCUT2D eigenvalue weighted by Crippen LogP contribution is -2.33. The summed E-state index contributed by atoms with van der Waals surface area (Å²) in [6.45, 7) is 0.555. The van der Waals surface area contributed by atoms with Crippen LogP contribution in [-0.4, -0.2) is 17.4 Å². The molecule has 5 heteroatoms. The summed E-state index contributed by atoms with van der Waals surface area (Å²) in [6, 6.07) is 12.2. The number of hydrogen-bond acceptors (Lipinski definition) is 1. The van der Waals surface area contributed by atoms with E-state index in [0.717, 1.165) is 23.7 Å². The van der Waals surface area contributed by atoms with Crippen LogP contribution >= 0.6 is 11.6 Å². The lowest BCUT2D eigenvalue weighted by atomic mass is 9.95. The normalized spacial score (nSPS) is 15.3. The topological polar surface area (TPSA) is 44.9 Å². The smallest absolute Gasteiger partial charge is 0.224 e. The second-order valence-corrected chi connectivity index (χ2v) is 7.15. The second kappa shape index (κ2) is 6.19. The summed E-state index contributed by atoms with van der Waals surface area (Å²) in [5.74, 6) is -0.501. The van der Waals surface area contributed by atoms with Gasteiger partial charge in [-0.05, 0) is 48.2 Å². The zero-order valence-corrected chi connectivity index (χ0v) is 14.4. The van der Waals surface area contributed by atoms with E-state index in [2.05, 4.69) is 10.3 Å². The van der Waals surface area contributed by atoms with E-state index in [-0.39, 0.29) is 23.6 Å². The van der Waals surface area contributed by atoms with Crippen molar-refractivity contribution in [2.75, 3.05) is 6.54 Å². The fourth-order valence-corrected chi connectivity index (χ4v) is 3.54. The van der Waals surface area contributed by atoms with Gasteiger partial charge in [0, 0.05) is 34.1 Å². The van der Waals surface area contributed by atoms with E-state index in [0.29, 0.717) is 17.1 Å². The molecule has 0 aliphatic heterocycles. The maximum Gasteiger partial charge on any atom is 0.224 e. The van der Waals surface area contributed by atoms with Crippen LogP contribution in [0, 0.1) is 5.82 Å². The van der Waals surface area contributed by atoms with Gasteiger partial charge in [0.1, 0.15) is 5.82 Å². The summed E-state index contributed by atoms with van der Waals surface area (Å²) in [7, 11) is 0. The highest BCUT2D eigenvalue weighted by atomic mass is 35.5. The van der Waals surface area contributed by atoms with Gasteiger partial charge in [-0.15, -0.1) is 0 Å². The molecule has 1 aliphatic rings. The Balaban J connectivity index is 1.48. The van der Waals surface area contributed by atoms with Crippen molar-refractivity contribution in [1.82, 2.24) is 10.3 Å². The van der Waals surface area contributed by atoms with Crippen molar-refractivity contribution in [3.8, 4) is 0 Å². The number of carbonyl (C=O) groups excluding carboxylic acids is 1. The Morgan fingerprint density at radius 3 is 2.80 bits per heavy atom. The molecular formula is C20H18ClFN2O. The first-order valence-electron chi connectivity index (χ1n) is 8.35. The number of halogens is 2. The number of nitrogens with one attached hydrogen (secondary N) is 2. The number of benzene rings is 2. The highest BCUT2D eigenvalue weighted by Crippen LogP contribution is 2.50. The van der Waals surface area contributed by atoms with Crippen LogP contribution in [-0.2, 0) is 16.6 Å². The Morgan fingerprint density at radius 2 is 2.04 bits per heavy atom. The molecular weight excluding hydrogens is 339 g/mol. The molecule has 0 spiro atoms. The molecule has 0 saturated heterocycles. The summed E-state index contributed by atoms with van der Waals surface area (Å²) >= 11 is 6.13. The minimum Gasteiger partial charge on any atom is -0.361 e. The fourth-order valence-electron chi connectivity index (χ4n) is 3.37. The fraction of sp³-hybridized carbons (Fsp3) is 0.250. The molecule has 1 fully saturated rings. The van der Waals surface area contributed by atoms with E-state index in [4.69, 9.17) is 11.6 Å². The molecule has 0 radical (unpaired) electrons. The molecule has 3 aromatic rings. The van der Waals surface area contributed by atoms with Gasteiger partial charge in [0.25, 0.3) is 0 Å². The van der Waals surface area contributed by atoms with E-state index < -0.39 is 0 Å². The molecule has 25 heavy (non-hydrogen) atoms. The second-order valence-electron chi connectivity index (χ2n) is 6.72. The highest BCUT2D eigenvalue weighted by molar-refractivity contribution is 6.31. The molecule has 0 unspecified atom stereocenters. The molecule has 2 aromatic carbocycles. The van der Waals surface area contributed by atoms with Crippen LogP contribution in [0.1, 0.15) is 24.0 Å². The number of hydrogen-bond donors (Lipinski definition) is 2. The maximum atomic E-state index is 13.7. The largest absolute Gasteiger partial charge is 0.361 e. The molecule has 1 heterocycles. The monoisotopic (exact) mass is 356 g/mol. The molecule has 3 nitrogen and oxygen atoms in total. The zero-order chi connectivity index (χ0) is 17.4. The number of rotatable bonds is 5. The van der Waals surface area contributed by atoms with Crippen LogP contribution in [0.25, 0.3) is 10.9 Å². The number of carbonyl (C=O) groups is 1. The average molecular weight is 357 g/mol. The third-order valence-electron chi connectivity index (χ3n) is 5.00. The highest BCUT2D eigenvalue weighted by Gasteiger charge is 2.45. The van der Waals surface area contributed by atoms with Gasteiger partial charge in [-0.1, -0.05) is 29.8 Å². The van der Waals surface area contributed by atoms with Crippen LogP contribution < -0.4 is 5.32 Å².